The molecule has 28 heavy (non-hydrogen) atoms. The number of rotatable bonds is 4. The molecular formula is C21H23N5O2. The quantitative estimate of drug-likeness (QED) is 0.684. The third kappa shape index (κ3) is 4.82. The van der Waals surface area contributed by atoms with Crippen LogP contribution in [0.1, 0.15) is 52.6 Å². The Balaban J connectivity index is 1.55. The first kappa shape index (κ1) is 19.3. The number of amides is 2. The molecule has 0 aliphatic heterocycles. The van der Waals surface area contributed by atoms with E-state index in [0.717, 1.165) is 11.1 Å². The zero-order valence-electron chi connectivity index (χ0n) is 16.1. The van der Waals surface area contributed by atoms with Crippen LogP contribution in [-0.2, 0) is 12.0 Å². The second-order valence-electron chi connectivity index (χ2n) is 7.53. The Labute approximate surface area is 163 Å². The van der Waals surface area contributed by atoms with E-state index in [1.165, 1.54) is 6.33 Å². The SMILES string of the molecule is CC(C)(C)c1ccc(C(=O)NNC(=O)c2ccc(Cn3cncn3)cc2)cc1. The maximum atomic E-state index is 12.2. The summed E-state index contributed by atoms with van der Waals surface area (Å²) in [5, 5.41) is 4.04. The van der Waals surface area contributed by atoms with Gasteiger partial charge in [0.05, 0.1) is 6.54 Å². The topological polar surface area (TPSA) is 88.9 Å². The summed E-state index contributed by atoms with van der Waals surface area (Å²) in [7, 11) is 0. The van der Waals surface area contributed by atoms with E-state index in [2.05, 4.69) is 41.7 Å². The highest BCUT2D eigenvalue weighted by Crippen LogP contribution is 2.22. The lowest BCUT2D eigenvalue weighted by atomic mass is 9.87. The molecule has 0 aliphatic carbocycles. The van der Waals surface area contributed by atoms with Crippen molar-refractivity contribution in [2.45, 2.75) is 32.7 Å². The fourth-order valence-corrected chi connectivity index (χ4v) is 2.64. The molecule has 2 aromatic carbocycles. The maximum Gasteiger partial charge on any atom is 0.269 e. The lowest BCUT2D eigenvalue weighted by molar-refractivity contribution is 0.0846. The van der Waals surface area contributed by atoms with Crippen LogP contribution in [0.5, 0.6) is 0 Å². The highest BCUT2D eigenvalue weighted by Gasteiger charge is 2.14. The molecular weight excluding hydrogens is 354 g/mol. The minimum atomic E-state index is -0.382. The van der Waals surface area contributed by atoms with Crippen molar-refractivity contribution < 1.29 is 9.59 Å². The summed E-state index contributed by atoms with van der Waals surface area (Å²) in [5.41, 5.74) is 7.97. The van der Waals surface area contributed by atoms with Crippen molar-refractivity contribution in [2.75, 3.05) is 0 Å². The van der Waals surface area contributed by atoms with Crippen molar-refractivity contribution in [1.82, 2.24) is 25.6 Å². The van der Waals surface area contributed by atoms with Crippen LogP contribution in [0, 0.1) is 0 Å². The van der Waals surface area contributed by atoms with Crippen molar-refractivity contribution in [3.05, 3.63) is 83.4 Å². The number of nitrogens with zero attached hydrogens (tertiary/aromatic N) is 3. The van der Waals surface area contributed by atoms with Crippen LogP contribution in [0.3, 0.4) is 0 Å². The predicted octanol–water partition coefficient (Wildman–Crippen LogP) is 2.70. The number of benzene rings is 2. The Morgan fingerprint density at radius 2 is 1.43 bits per heavy atom. The average molecular weight is 377 g/mol. The third-order valence-electron chi connectivity index (χ3n) is 4.33. The van der Waals surface area contributed by atoms with Crippen molar-refractivity contribution in [3.63, 3.8) is 0 Å². The molecule has 144 valence electrons. The van der Waals surface area contributed by atoms with E-state index < -0.39 is 0 Å². The smallest absolute Gasteiger partial charge is 0.267 e. The van der Waals surface area contributed by atoms with Gasteiger partial charge in [0.25, 0.3) is 11.8 Å². The van der Waals surface area contributed by atoms with Crippen molar-refractivity contribution in [1.29, 1.82) is 0 Å². The summed E-state index contributed by atoms with van der Waals surface area (Å²) in [5.74, 6) is -0.747. The van der Waals surface area contributed by atoms with Gasteiger partial charge < -0.3 is 0 Å². The normalized spacial score (nSPS) is 11.1. The average Bonchev–Trinajstić information content (AvgIpc) is 3.19. The van der Waals surface area contributed by atoms with Gasteiger partial charge in [0.15, 0.2) is 0 Å². The molecule has 0 aliphatic rings. The van der Waals surface area contributed by atoms with E-state index in [4.69, 9.17) is 0 Å². The van der Waals surface area contributed by atoms with Crippen molar-refractivity contribution in [2.24, 2.45) is 0 Å². The molecule has 2 N–H and O–H groups in total. The molecule has 0 fully saturated rings. The van der Waals surface area contributed by atoms with Crippen molar-refractivity contribution in [3.8, 4) is 0 Å². The maximum absolute atomic E-state index is 12.2. The van der Waals surface area contributed by atoms with Crippen LogP contribution in [0.15, 0.2) is 61.2 Å². The summed E-state index contributed by atoms with van der Waals surface area (Å²) < 4.78 is 1.69. The monoisotopic (exact) mass is 377 g/mol. The highest BCUT2D eigenvalue weighted by atomic mass is 16.2. The molecule has 0 saturated carbocycles. The van der Waals surface area contributed by atoms with Gasteiger partial charge in [0, 0.05) is 11.1 Å². The minimum absolute atomic E-state index is 0.0172. The molecule has 0 spiro atoms. The molecule has 0 radical (unpaired) electrons. The van der Waals surface area contributed by atoms with Crippen molar-refractivity contribution >= 4 is 11.8 Å². The van der Waals surface area contributed by atoms with Crippen LogP contribution in [0.4, 0.5) is 0 Å². The number of carbonyl (C=O) groups excluding carboxylic acids is 2. The predicted molar refractivity (Wildman–Crippen MR) is 106 cm³/mol. The van der Waals surface area contributed by atoms with Gasteiger partial charge in [-0.05, 0) is 40.8 Å². The first-order valence-electron chi connectivity index (χ1n) is 8.95. The summed E-state index contributed by atoms with van der Waals surface area (Å²) in [6.07, 6.45) is 3.10. The third-order valence-corrected chi connectivity index (χ3v) is 4.33. The van der Waals surface area contributed by atoms with Crippen LogP contribution >= 0.6 is 0 Å². The molecule has 0 unspecified atom stereocenters. The number of aromatic nitrogens is 3. The van der Waals surface area contributed by atoms with E-state index >= 15 is 0 Å². The molecule has 0 bridgehead atoms. The molecule has 1 aromatic heterocycles. The summed E-state index contributed by atoms with van der Waals surface area (Å²) in [6, 6.07) is 14.4. The molecule has 3 rings (SSSR count). The van der Waals surface area contributed by atoms with Crippen LogP contribution < -0.4 is 10.9 Å². The zero-order valence-corrected chi connectivity index (χ0v) is 16.1. The van der Waals surface area contributed by atoms with Gasteiger partial charge in [-0.3, -0.25) is 20.4 Å². The van der Waals surface area contributed by atoms with E-state index in [-0.39, 0.29) is 17.2 Å². The standard InChI is InChI=1S/C21H23N5O2/c1-21(2,3)18-10-8-17(9-11-18)20(28)25-24-19(27)16-6-4-15(5-7-16)12-26-14-22-13-23-26/h4-11,13-14H,12H2,1-3H3,(H,24,27)(H,25,28). The Morgan fingerprint density at radius 3 is 1.89 bits per heavy atom. The van der Waals surface area contributed by atoms with E-state index in [9.17, 15) is 9.59 Å². The lowest BCUT2D eigenvalue weighted by Crippen LogP contribution is -2.41. The Hall–Kier alpha value is -3.48. The fraction of sp³-hybridized carbons (Fsp3) is 0.238. The van der Waals surface area contributed by atoms with Gasteiger partial charge >= 0.3 is 0 Å². The number of hydrogen-bond donors (Lipinski definition) is 2. The van der Waals surface area contributed by atoms with E-state index in [1.807, 2.05) is 24.3 Å². The van der Waals surface area contributed by atoms with Crippen LogP contribution in [-0.4, -0.2) is 26.6 Å². The van der Waals surface area contributed by atoms with Crippen LogP contribution in [0.2, 0.25) is 0 Å². The molecule has 7 nitrogen and oxygen atoms in total. The van der Waals surface area contributed by atoms with Gasteiger partial charge in [-0.2, -0.15) is 5.10 Å². The lowest BCUT2D eigenvalue weighted by Gasteiger charge is -2.19. The van der Waals surface area contributed by atoms with E-state index in [1.54, 1.807) is 35.3 Å². The zero-order chi connectivity index (χ0) is 20.1. The van der Waals surface area contributed by atoms with Gasteiger partial charge in [0.1, 0.15) is 12.7 Å². The molecule has 3 aromatic rings. The second kappa shape index (κ2) is 8.04. The van der Waals surface area contributed by atoms with Gasteiger partial charge in [-0.15, -0.1) is 0 Å². The highest BCUT2D eigenvalue weighted by molar-refractivity contribution is 5.99. The van der Waals surface area contributed by atoms with Crippen LogP contribution in [0.25, 0.3) is 0 Å². The number of carbonyl (C=O) groups is 2. The summed E-state index contributed by atoms with van der Waals surface area (Å²) >= 11 is 0. The minimum Gasteiger partial charge on any atom is -0.267 e. The fourth-order valence-electron chi connectivity index (χ4n) is 2.64. The summed E-state index contributed by atoms with van der Waals surface area (Å²) in [4.78, 5) is 28.4. The Kier molecular flexibility index (Phi) is 5.54. The first-order valence-corrected chi connectivity index (χ1v) is 8.95. The summed E-state index contributed by atoms with van der Waals surface area (Å²) in [6.45, 7) is 6.90. The molecule has 0 atom stereocenters. The Bertz CT molecular complexity index is 940. The number of hydrazine groups is 1. The number of nitrogens with one attached hydrogen (secondary N) is 2. The molecule has 1 heterocycles. The largest absolute Gasteiger partial charge is 0.269 e. The van der Waals surface area contributed by atoms with Gasteiger partial charge in [0.2, 0.25) is 0 Å². The molecule has 2 amide bonds. The first-order chi connectivity index (χ1) is 13.3. The molecule has 0 saturated heterocycles. The Morgan fingerprint density at radius 1 is 0.893 bits per heavy atom. The van der Waals surface area contributed by atoms with E-state index in [0.29, 0.717) is 17.7 Å². The molecule has 7 heteroatoms. The number of hydrogen-bond acceptors (Lipinski definition) is 4. The van der Waals surface area contributed by atoms with Gasteiger partial charge in [-0.25, -0.2) is 9.67 Å². The van der Waals surface area contributed by atoms with Gasteiger partial charge in [-0.1, -0.05) is 45.0 Å². The second-order valence-corrected chi connectivity index (χ2v) is 7.53.